The number of hydrogen-bond acceptors (Lipinski definition) is 5. The van der Waals surface area contributed by atoms with Crippen molar-refractivity contribution in [3.63, 3.8) is 0 Å². The van der Waals surface area contributed by atoms with Gasteiger partial charge in [0.1, 0.15) is 4.60 Å². The van der Waals surface area contributed by atoms with Crippen molar-refractivity contribution in [1.82, 2.24) is 9.66 Å². The first kappa shape index (κ1) is 18.4. The van der Waals surface area contributed by atoms with Crippen molar-refractivity contribution in [3.05, 3.63) is 34.6 Å². The first-order valence-electron chi connectivity index (χ1n) is 8.88. The Kier molecular flexibility index (Phi) is 4.90. The summed E-state index contributed by atoms with van der Waals surface area (Å²) in [6.07, 6.45) is 3.92. The van der Waals surface area contributed by atoms with Gasteiger partial charge in [-0.15, -0.1) is 0 Å². The molecule has 0 aliphatic carbocycles. The van der Waals surface area contributed by atoms with Gasteiger partial charge in [-0.25, -0.2) is 9.66 Å². The molecule has 1 fully saturated rings. The van der Waals surface area contributed by atoms with Crippen LogP contribution in [0.3, 0.4) is 0 Å². The predicted molar refractivity (Wildman–Crippen MR) is 116 cm³/mol. The average molecular weight is 451 g/mol. The molecular weight excluding hydrogens is 428 g/mol. The molecule has 9 heteroatoms. The molecule has 1 unspecified atom stereocenters. The van der Waals surface area contributed by atoms with Crippen LogP contribution < -0.4 is 15.5 Å². The second-order valence-electron chi connectivity index (χ2n) is 7.01. The summed E-state index contributed by atoms with van der Waals surface area (Å²) in [5, 5.41) is 6.12. The van der Waals surface area contributed by atoms with E-state index >= 15 is 0 Å². The lowest BCUT2D eigenvalue weighted by Crippen LogP contribution is -2.37. The molecule has 1 aromatic heterocycles. The van der Waals surface area contributed by atoms with Crippen LogP contribution in [-0.2, 0) is 0 Å². The van der Waals surface area contributed by atoms with Gasteiger partial charge in [0.2, 0.25) is 0 Å². The molecule has 1 aromatic carbocycles. The van der Waals surface area contributed by atoms with Crippen LogP contribution in [0.1, 0.15) is 23.2 Å². The Morgan fingerprint density at radius 3 is 2.74 bits per heavy atom. The molecule has 0 saturated carbocycles. The molecule has 0 radical (unpaired) electrons. The monoisotopic (exact) mass is 450 g/mol. The van der Waals surface area contributed by atoms with Gasteiger partial charge >= 0.3 is 0 Å². The maximum absolute atomic E-state index is 12.0. The molecular formula is C18H23BrN6OS. The van der Waals surface area contributed by atoms with Gasteiger partial charge in [0.05, 0.1) is 17.3 Å². The quantitative estimate of drug-likeness (QED) is 0.701. The average Bonchev–Trinajstić information content (AvgIpc) is 3.24. The number of rotatable bonds is 4. The van der Waals surface area contributed by atoms with E-state index in [1.807, 2.05) is 48.1 Å². The maximum Gasteiger partial charge on any atom is 0.250 e. The molecule has 3 heterocycles. The van der Waals surface area contributed by atoms with Gasteiger partial charge in [-0.1, -0.05) is 0 Å². The number of primary amides is 1. The zero-order valence-electron chi connectivity index (χ0n) is 15.3. The lowest BCUT2D eigenvalue weighted by atomic mass is 10.1. The molecule has 1 atom stereocenters. The number of hydrogen-bond donors (Lipinski definition) is 2. The zero-order chi connectivity index (χ0) is 19.1. The van der Waals surface area contributed by atoms with E-state index in [2.05, 4.69) is 36.5 Å². The Bertz CT molecular complexity index is 903. The third kappa shape index (κ3) is 3.34. The number of amides is 1. The molecule has 2 aliphatic rings. The van der Waals surface area contributed by atoms with E-state index < -0.39 is 10.9 Å². The topological polar surface area (TPSA) is 79.8 Å². The van der Waals surface area contributed by atoms with E-state index in [1.54, 1.807) is 0 Å². The Morgan fingerprint density at radius 1 is 1.33 bits per heavy atom. The van der Waals surface area contributed by atoms with Crippen LogP contribution in [0.25, 0.3) is 0 Å². The van der Waals surface area contributed by atoms with E-state index in [1.165, 1.54) is 0 Å². The van der Waals surface area contributed by atoms with Gasteiger partial charge in [0, 0.05) is 43.8 Å². The van der Waals surface area contributed by atoms with Crippen LogP contribution in [-0.4, -0.2) is 53.5 Å². The number of nitrogens with two attached hydrogens (primary N) is 1. The highest BCUT2D eigenvalue weighted by molar-refractivity contribution is 9.10. The van der Waals surface area contributed by atoms with Gasteiger partial charge in [0.15, 0.2) is 5.16 Å². The van der Waals surface area contributed by atoms with Crippen molar-refractivity contribution in [2.24, 2.45) is 10.8 Å². The number of halogens is 1. The number of carbonyl (C=O) groups excluding carboxylic acids is 1. The molecule has 0 bridgehead atoms. The van der Waals surface area contributed by atoms with E-state index in [4.69, 9.17) is 5.73 Å². The number of fused-ring (bicyclic) bond motifs is 1. The van der Waals surface area contributed by atoms with Crippen LogP contribution in [0.15, 0.2) is 39.3 Å². The standard InChI is InChI=1S/C18H23BrN6OS/c1-23(2)12-3-4-15(14(9-12)17(20)26)24-7-5-13(6-8-24)27-11-22-25-16(19)10-21-18(25)27/h3-4,9-11,13,27H,5-8H2,1-2H3,(H2,20,26). The van der Waals surface area contributed by atoms with Crippen molar-refractivity contribution in [1.29, 1.82) is 0 Å². The normalized spacial score (nSPS) is 20.7. The van der Waals surface area contributed by atoms with Gasteiger partial charge < -0.3 is 15.5 Å². The molecule has 4 rings (SSSR count). The molecule has 2 aromatic rings. The minimum absolute atomic E-state index is 0.380. The second-order valence-corrected chi connectivity index (χ2v) is 10.00. The Hall–Kier alpha value is -2.00. The van der Waals surface area contributed by atoms with Crippen molar-refractivity contribution in [2.45, 2.75) is 23.2 Å². The fraction of sp³-hybridized carbons (Fsp3) is 0.389. The molecule has 27 heavy (non-hydrogen) atoms. The molecule has 2 aliphatic heterocycles. The summed E-state index contributed by atoms with van der Waals surface area (Å²) < 4.78 is 2.80. The van der Waals surface area contributed by atoms with Crippen LogP contribution in [0, 0.1) is 0 Å². The summed E-state index contributed by atoms with van der Waals surface area (Å²) in [5.74, 6) is -0.380. The number of carbonyl (C=O) groups is 1. The first-order chi connectivity index (χ1) is 13.0. The lowest BCUT2D eigenvalue weighted by molar-refractivity contribution is 0.100. The van der Waals surface area contributed by atoms with Crippen LogP contribution in [0.4, 0.5) is 11.4 Å². The lowest BCUT2D eigenvalue weighted by Gasteiger charge is -2.37. The zero-order valence-corrected chi connectivity index (χ0v) is 17.8. The molecule has 7 nitrogen and oxygen atoms in total. The highest BCUT2D eigenvalue weighted by Crippen LogP contribution is 2.46. The number of benzene rings is 1. The van der Waals surface area contributed by atoms with Gasteiger partial charge in [0.25, 0.3) is 5.91 Å². The fourth-order valence-electron chi connectivity index (χ4n) is 3.68. The maximum atomic E-state index is 12.0. The number of thiol groups is 1. The molecule has 0 spiro atoms. The second kappa shape index (κ2) is 7.20. The molecule has 1 saturated heterocycles. The van der Waals surface area contributed by atoms with Crippen molar-refractivity contribution in [2.75, 3.05) is 37.0 Å². The third-order valence-electron chi connectivity index (χ3n) is 5.16. The SMILES string of the molecule is CN(C)c1ccc(N2CCC([SH]3C=Nn4c(Br)cnc43)CC2)c(C(N)=O)c1. The fourth-order valence-corrected chi connectivity index (χ4v) is 6.36. The Labute approximate surface area is 169 Å². The minimum Gasteiger partial charge on any atom is -0.378 e. The van der Waals surface area contributed by atoms with Crippen molar-refractivity contribution in [3.8, 4) is 0 Å². The molecule has 2 N–H and O–H groups in total. The van der Waals surface area contributed by atoms with Crippen LogP contribution in [0.2, 0.25) is 0 Å². The summed E-state index contributed by atoms with van der Waals surface area (Å²) in [6, 6.07) is 5.93. The summed E-state index contributed by atoms with van der Waals surface area (Å²) >= 11 is 3.49. The summed E-state index contributed by atoms with van der Waals surface area (Å²) in [7, 11) is 3.44. The molecule has 144 valence electrons. The molecule has 1 amide bonds. The van der Waals surface area contributed by atoms with Gasteiger partial charge in [-0.3, -0.25) is 4.79 Å². The number of aromatic nitrogens is 2. The third-order valence-corrected chi connectivity index (χ3v) is 8.12. The van der Waals surface area contributed by atoms with E-state index in [0.717, 1.165) is 47.1 Å². The summed E-state index contributed by atoms with van der Waals surface area (Å²) in [4.78, 5) is 20.8. The largest absolute Gasteiger partial charge is 0.378 e. The summed E-state index contributed by atoms with van der Waals surface area (Å²) in [6.45, 7) is 1.81. The van der Waals surface area contributed by atoms with E-state index in [-0.39, 0.29) is 5.91 Å². The van der Waals surface area contributed by atoms with Crippen molar-refractivity contribution < 1.29 is 4.79 Å². The van der Waals surface area contributed by atoms with E-state index in [0.29, 0.717) is 10.8 Å². The Morgan fingerprint density at radius 2 is 2.07 bits per heavy atom. The summed E-state index contributed by atoms with van der Waals surface area (Å²) in [5.41, 5.74) is 10.2. The van der Waals surface area contributed by atoms with E-state index in [9.17, 15) is 4.79 Å². The number of imidazole rings is 1. The van der Waals surface area contributed by atoms with Gasteiger partial charge in [-0.2, -0.15) is 16.0 Å². The number of piperidine rings is 1. The number of anilines is 2. The first-order valence-corrected chi connectivity index (χ1v) is 11.1. The van der Waals surface area contributed by atoms with Gasteiger partial charge in [-0.05, 0) is 47.0 Å². The van der Waals surface area contributed by atoms with Crippen LogP contribution in [0.5, 0.6) is 0 Å². The van der Waals surface area contributed by atoms with Crippen LogP contribution >= 0.6 is 26.8 Å². The highest BCUT2D eigenvalue weighted by Gasteiger charge is 2.31. The smallest absolute Gasteiger partial charge is 0.250 e. The van der Waals surface area contributed by atoms with Crippen molar-refractivity contribution >= 4 is 49.7 Å². The predicted octanol–water partition coefficient (Wildman–Crippen LogP) is 2.64. The number of nitrogens with zero attached hydrogens (tertiary/aromatic N) is 5. The highest BCUT2D eigenvalue weighted by atomic mass is 79.9. The minimum atomic E-state index is -0.475. The Balaban J connectivity index is 1.50.